The molecular formula is C24H28N4O2. The minimum absolute atomic E-state index is 0.0331. The van der Waals surface area contributed by atoms with Crippen molar-refractivity contribution in [1.29, 1.82) is 0 Å². The maximum Gasteiger partial charge on any atom is 0.317 e. The molecule has 0 saturated carbocycles. The van der Waals surface area contributed by atoms with E-state index in [9.17, 15) is 9.59 Å². The highest BCUT2D eigenvalue weighted by atomic mass is 16.2. The summed E-state index contributed by atoms with van der Waals surface area (Å²) in [4.78, 5) is 26.7. The molecule has 3 aromatic rings. The summed E-state index contributed by atoms with van der Waals surface area (Å²) < 4.78 is 2.22. The molecule has 1 aliphatic heterocycles. The summed E-state index contributed by atoms with van der Waals surface area (Å²) in [5.41, 5.74) is 2.04. The molecule has 2 heterocycles. The number of piperidine rings is 1. The Morgan fingerprint density at radius 2 is 1.67 bits per heavy atom. The van der Waals surface area contributed by atoms with Gasteiger partial charge in [0.1, 0.15) is 0 Å². The zero-order valence-corrected chi connectivity index (χ0v) is 17.1. The van der Waals surface area contributed by atoms with Crippen molar-refractivity contribution in [3.05, 3.63) is 66.9 Å². The lowest BCUT2D eigenvalue weighted by molar-refractivity contribution is -0.121. The van der Waals surface area contributed by atoms with Crippen LogP contribution in [0.4, 0.5) is 10.5 Å². The number of aromatic nitrogens is 1. The van der Waals surface area contributed by atoms with Crippen LogP contribution >= 0.6 is 0 Å². The monoisotopic (exact) mass is 404 g/mol. The Bertz CT molecular complexity index is 991. The van der Waals surface area contributed by atoms with E-state index in [0.717, 1.165) is 18.7 Å². The lowest BCUT2D eigenvalue weighted by atomic mass is 9.96. The third-order valence-corrected chi connectivity index (χ3v) is 5.73. The predicted octanol–water partition coefficient (Wildman–Crippen LogP) is 4.09. The number of fused-ring (bicyclic) bond motifs is 1. The average Bonchev–Trinajstić information content (AvgIpc) is 3.20. The fraction of sp³-hybridized carbons (Fsp3) is 0.333. The number of rotatable bonds is 6. The molecule has 1 fully saturated rings. The Hall–Kier alpha value is -3.28. The molecule has 0 atom stereocenters. The van der Waals surface area contributed by atoms with Crippen LogP contribution in [-0.4, -0.2) is 41.0 Å². The van der Waals surface area contributed by atoms with Gasteiger partial charge in [0.05, 0.1) is 0 Å². The van der Waals surface area contributed by atoms with Crippen molar-refractivity contribution in [2.45, 2.75) is 25.8 Å². The Balaban J connectivity index is 1.17. The van der Waals surface area contributed by atoms with E-state index in [1.54, 1.807) is 0 Å². The first kappa shape index (κ1) is 20.0. The highest BCUT2D eigenvalue weighted by Gasteiger charge is 2.27. The number of para-hydroxylation sites is 2. The van der Waals surface area contributed by atoms with Crippen molar-refractivity contribution >= 4 is 28.5 Å². The molecule has 3 amide bonds. The molecule has 1 saturated heterocycles. The molecule has 30 heavy (non-hydrogen) atoms. The average molecular weight is 405 g/mol. The quantitative estimate of drug-likeness (QED) is 0.608. The highest BCUT2D eigenvalue weighted by molar-refractivity contribution is 5.92. The molecule has 156 valence electrons. The van der Waals surface area contributed by atoms with Crippen LogP contribution in [0.5, 0.6) is 0 Å². The maximum absolute atomic E-state index is 12.4. The summed E-state index contributed by atoms with van der Waals surface area (Å²) in [6.45, 7) is 2.73. The van der Waals surface area contributed by atoms with Gasteiger partial charge in [0, 0.05) is 49.5 Å². The standard InChI is InChI=1S/C24H28N4O2/c29-23(26-21-8-2-1-3-9-21)20-12-17-28(18-13-20)24(30)25-14-6-15-27-16-11-19-7-4-5-10-22(19)27/h1-5,7-11,16,20H,6,12-15,17-18H2,(H,25,30)(H,26,29). The van der Waals surface area contributed by atoms with Crippen molar-refractivity contribution in [3.8, 4) is 0 Å². The van der Waals surface area contributed by atoms with Gasteiger partial charge >= 0.3 is 6.03 Å². The van der Waals surface area contributed by atoms with E-state index in [2.05, 4.69) is 39.6 Å². The first-order valence-electron chi connectivity index (χ1n) is 10.6. The lowest BCUT2D eigenvalue weighted by Crippen LogP contribution is -2.46. The molecule has 0 unspecified atom stereocenters. The number of carbonyl (C=O) groups excluding carboxylic acids is 2. The van der Waals surface area contributed by atoms with Crippen LogP contribution < -0.4 is 10.6 Å². The molecule has 2 N–H and O–H groups in total. The smallest absolute Gasteiger partial charge is 0.317 e. The van der Waals surface area contributed by atoms with Crippen molar-refractivity contribution in [2.75, 3.05) is 25.0 Å². The summed E-state index contributed by atoms with van der Waals surface area (Å²) in [7, 11) is 0. The first-order chi connectivity index (χ1) is 14.7. The third kappa shape index (κ3) is 4.82. The summed E-state index contributed by atoms with van der Waals surface area (Å²) in [6, 6.07) is 19.9. The highest BCUT2D eigenvalue weighted by Crippen LogP contribution is 2.20. The fourth-order valence-corrected chi connectivity index (χ4v) is 4.00. The van der Waals surface area contributed by atoms with Gasteiger partial charge in [-0.25, -0.2) is 4.79 Å². The number of benzene rings is 2. The van der Waals surface area contributed by atoms with Gasteiger partial charge in [0.15, 0.2) is 0 Å². The summed E-state index contributed by atoms with van der Waals surface area (Å²) in [5, 5.41) is 7.22. The van der Waals surface area contributed by atoms with Crippen molar-refractivity contribution < 1.29 is 9.59 Å². The number of hydrogen-bond donors (Lipinski definition) is 2. The second kappa shape index (κ2) is 9.48. The number of anilines is 1. The maximum atomic E-state index is 12.4. The van der Waals surface area contributed by atoms with Crippen LogP contribution in [0, 0.1) is 5.92 Å². The Labute approximate surface area is 176 Å². The molecule has 0 bridgehead atoms. The van der Waals surface area contributed by atoms with Gasteiger partial charge in [-0.1, -0.05) is 36.4 Å². The molecule has 0 aliphatic carbocycles. The summed E-state index contributed by atoms with van der Waals surface area (Å²) in [5.74, 6) is -0.00325. The van der Waals surface area contributed by atoms with Crippen LogP contribution in [0.1, 0.15) is 19.3 Å². The van der Waals surface area contributed by atoms with Crippen molar-refractivity contribution in [2.24, 2.45) is 5.92 Å². The number of amides is 3. The Morgan fingerprint density at radius 1 is 0.933 bits per heavy atom. The van der Waals surface area contributed by atoms with Crippen LogP contribution in [0.15, 0.2) is 66.9 Å². The Kier molecular flexibility index (Phi) is 6.32. The van der Waals surface area contributed by atoms with Crippen LogP contribution in [-0.2, 0) is 11.3 Å². The van der Waals surface area contributed by atoms with Gasteiger partial charge in [0.2, 0.25) is 5.91 Å². The number of hydrogen-bond acceptors (Lipinski definition) is 2. The largest absolute Gasteiger partial charge is 0.347 e. The third-order valence-electron chi connectivity index (χ3n) is 5.73. The second-order valence-corrected chi connectivity index (χ2v) is 7.77. The number of carbonyl (C=O) groups is 2. The summed E-state index contributed by atoms with van der Waals surface area (Å²) >= 11 is 0. The van der Waals surface area contributed by atoms with E-state index >= 15 is 0 Å². The van der Waals surface area contributed by atoms with Gasteiger partial charge in [-0.05, 0) is 48.9 Å². The second-order valence-electron chi connectivity index (χ2n) is 7.77. The number of likely N-dealkylation sites (tertiary alicyclic amines) is 1. The molecule has 1 aromatic heterocycles. The van der Waals surface area contributed by atoms with Gasteiger partial charge < -0.3 is 20.1 Å². The Morgan fingerprint density at radius 3 is 2.47 bits per heavy atom. The molecule has 2 aromatic carbocycles. The van der Waals surface area contributed by atoms with E-state index in [1.165, 1.54) is 10.9 Å². The van der Waals surface area contributed by atoms with E-state index < -0.39 is 0 Å². The van der Waals surface area contributed by atoms with E-state index in [1.807, 2.05) is 47.4 Å². The molecule has 1 aliphatic rings. The van der Waals surface area contributed by atoms with Crippen LogP contribution in [0.3, 0.4) is 0 Å². The SMILES string of the molecule is O=C(Nc1ccccc1)C1CCN(C(=O)NCCCn2ccc3ccccc32)CC1. The lowest BCUT2D eigenvalue weighted by Gasteiger charge is -2.31. The molecule has 0 spiro atoms. The molecule has 0 radical (unpaired) electrons. The van der Waals surface area contributed by atoms with E-state index in [4.69, 9.17) is 0 Å². The molecule has 6 nitrogen and oxygen atoms in total. The number of nitrogens with one attached hydrogen (secondary N) is 2. The van der Waals surface area contributed by atoms with Crippen LogP contribution in [0.2, 0.25) is 0 Å². The zero-order valence-electron chi connectivity index (χ0n) is 17.1. The van der Waals surface area contributed by atoms with E-state index in [0.29, 0.717) is 32.5 Å². The molecule has 6 heteroatoms. The van der Waals surface area contributed by atoms with Crippen LogP contribution in [0.25, 0.3) is 10.9 Å². The minimum atomic E-state index is -0.0451. The topological polar surface area (TPSA) is 66.4 Å². The predicted molar refractivity (Wildman–Crippen MR) is 119 cm³/mol. The van der Waals surface area contributed by atoms with E-state index in [-0.39, 0.29) is 17.9 Å². The van der Waals surface area contributed by atoms with Gasteiger partial charge in [-0.2, -0.15) is 0 Å². The summed E-state index contributed by atoms with van der Waals surface area (Å²) in [6.07, 6.45) is 4.36. The van der Waals surface area contributed by atoms with Gasteiger partial charge in [-0.15, -0.1) is 0 Å². The van der Waals surface area contributed by atoms with Crippen molar-refractivity contribution in [1.82, 2.24) is 14.8 Å². The van der Waals surface area contributed by atoms with Crippen molar-refractivity contribution in [3.63, 3.8) is 0 Å². The number of urea groups is 1. The normalized spacial score (nSPS) is 14.6. The zero-order chi connectivity index (χ0) is 20.8. The van der Waals surface area contributed by atoms with Gasteiger partial charge in [0.25, 0.3) is 0 Å². The number of nitrogens with zero attached hydrogens (tertiary/aromatic N) is 2. The molecular weight excluding hydrogens is 376 g/mol. The minimum Gasteiger partial charge on any atom is -0.347 e. The molecule has 4 rings (SSSR count). The van der Waals surface area contributed by atoms with Gasteiger partial charge in [-0.3, -0.25) is 4.79 Å². The fourth-order valence-electron chi connectivity index (χ4n) is 4.00. The first-order valence-corrected chi connectivity index (χ1v) is 10.6. The number of aryl methyl sites for hydroxylation is 1.